The van der Waals surface area contributed by atoms with Gasteiger partial charge in [-0.3, -0.25) is 29.4 Å². The van der Waals surface area contributed by atoms with Gasteiger partial charge in [0.2, 0.25) is 11.8 Å². The van der Waals surface area contributed by atoms with E-state index in [-0.39, 0.29) is 18.7 Å². The number of amides is 4. The molecule has 0 aliphatic carbocycles. The number of carbonyl (C=O) groups is 4. The highest BCUT2D eigenvalue weighted by atomic mass is 16.2. The van der Waals surface area contributed by atoms with Gasteiger partial charge in [-0.05, 0) is 36.6 Å². The van der Waals surface area contributed by atoms with Crippen LogP contribution in [0.1, 0.15) is 44.7 Å². The molecular formula is C16H15N3O4. The molecule has 4 amide bonds. The minimum absolute atomic E-state index is 0.128. The lowest BCUT2D eigenvalue weighted by Crippen LogP contribution is -2.54. The van der Waals surface area contributed by atoms with Gasteiger partial charge in [-0.1, -0.05) is 6.07 Å². The van der Waals surface area contributed by atoms with Gasteiger partial charge >= 0.3 is 0 Å². The summed E-state index contributed by atoms with van der Waals surface area (Å²) < 4.78 is 0. The molecule has 3 aliphatic rings. The molecule has 1 atom stereocenters. The zero-order valence-electron chi connectivity index (χ0n) is 12.3. The molecule has 7 nitrogen and oxygen atoms in total. The fraction of sp³-hybridized carbons (Fsp3) is 0.375. The number of hydrogen-bond donors (Lipinski definition) is 2. The first kappa shape index (κ1) is 14.1. The molecule has 0 unspecified atom stereocenters. The number of nitrogens with one attached hydrogen (secondary N) is 2. The van der Waals surface area contributed by atoms with E-state index in [1.165, 1.54) is 0 Å². The molecule has 0 spiro atoms. The lowest BCUT2D eigenvalue weighted by atomic mass is 9.93. The smallest absolute Gasteiger partial charge is 0.262 e. The summed E-state index contributed by atoms with van der Waals surface area (Å²) in [6.45, 7) is 1.38. The molecular weight excluding hydrogens is 298 g/mol. The maximum Gasteiger partial charge on any atom is 0.262 e. The highest BCUT2D eigenvalue weighted by Gasteiger charge is 2.45. The van der Waals surface area contributed by atoms with Gasteiger partial charge in [0.1, 0.15) is 6.04 Å². The van der Waals surface area contributed by atoms with Gasteiger partial charge in [-0.25, -0.2) is 0 Å². The van der Waals surface area contributed by atoms with Crippen molar-refractivity contribution in [2.24, 2.45) is 0 Å². The average Bonchev–Trinajstić information content (AvgIpc) is 2.80. The van der Waals surface area contributed by atoms with Gasteiger partial charge in [0, 0.05) is 13.0 Å². The van der Waals surface area contributed by atoms with E-state index in [9.17, 15) is 19.2 Å². The first-order chi connectivity index (χ1) is 11.1. The Labute approximate surface area is 132 Å². The van der Waals surface area contributed by atoms with Crippen LogP contribution in [0.15, 0.2) is 12.1 Å². The molecule has 7 heteroatoms. The lowest BCUT2D eigenvalue weighted by Gasteiger charge is -2.28. The second-order valence-electron chi connectivity index (χ2n) is 6.00. The number of imide groups is 2. The van der Waals surface area contributed by atoms with Crippen LogP contribution in [0.2, 0.25) is 0 Å². The van der Waals surface area contributed by atoms with E-state index in [0.717, 1.165) is 29.0 Å². The van der Waals surface area contributed by atoms with Crippen LogP contribution in [0.3, 0.4) is 0 Å². The largest absolute Gasteiger partial charge is 0.312 e. The van der Waals surface area contributed by atoms with Crippen molar-refractivity contribution >= 4 is 23.6 Å². The van der Waals surface area contributed by atoms with Crippen molar-refractivity contribution in [3.63, 3.8) is 0 Å². The zero-order chi connectivity index (χ0) is 16.1. The Morgan fingerprint density at radius 2 is 1.87 bits per heavy atom. The van der Waals surface area contributed by atoms with Crippen LogP contribution in [0.25, 0.3) is 0 Å². The first-order valence-corrected chi connectivity index (χ1v) is 7.65. The van der Waals surface area contributed by atoms with Gasteiger partial charge in [0.05, 0.1) is 11.1 Å². The minimum atomic E-state index is -0.910. The molecule has 0 saturated carbocycles. The number of rotatable bonds is 1. The Morgan fingerprint density at radius 3 is 2.65 bits per heavy atom. The standard InChI is InChI=1S/C16H15N3O4/c20-12-4-3-11(14(21)18-12)19-15(22)9-2-1-8-5-6-17-7-10(8)13(9)16(19)23/h1-2,11,17H,3-7H2,(H,18,20,21)/t11-/m1/s1. The number of benzene rings is 1. The second kappa shape index (κ2) is 4.99. The molecule has 1 fully saturated rings. The fourth-order valence-electron chi connectivity index (χ4n) is 3.54. The van der Waals surface area contributed by atoms with Crippen molar-refractivity contribution in [2.45, 2.75) is 31.8 Å². The van der Waals surface area contributed by atoms with E-state index in [1.807, 2.05) is 6.07 Å². The van der Waals surface area contributed by atoms with E-state index in [1.54, 1.807) is 6.07 Å². The molecule has 0 aromatic heterocycles. The van der Waals surface area contributed by atoms with Gasteiger partial charge in [-0.15, -0.1) is 0 Å². The van der Waals surface area contributed by atoms with Gasteiger partial charge < -0.3 is 5.32 Å². The molecule has 2 N–H and O–H groups in total. The number of fused-ring (bicyclic) bond motifs is 3. The summed E-state index contributed by atoms with van der Waals surface area (Å²) in [7, 11) is 0. The molecule has 1 aromatic carbocycles. The number of carbonyl (C=O) groups excluding carboxylic acids is 4. The summed E-state index contributed by atoms with van der Waals surface area (Å²) in [5.41, 5.74) is 2.67. The van der Waals surface area contributed by atoms with E-state index < -0.39 is 23.8 Å². The summed E-state index contributed by atoms with van der Waals surface area (Å²) in [4.78, 5) is 49.8. The topological polar surface area (TPSA) is 95.6 Å². The summed E-state index contributed by atoms with van der Waals surface area (Å²) in [6, 6.07) is 2.65. The molecule has 118 valence electrons. The molecule has 1 aromatic rings. The van der Waals surface area contributed by atoms with Crippen molar-refractivity contribution in [1.29, 1.82) is 0 Å². The first-order valence-electron chi connectivity index (χ1n) is 7.65. The fourth-order valence-corrected chi connectivity index (χ4v) is 3.54. The molecule has 3 aliphatic heterocycles. The Hall–Kier alpha value is -2.54. The van der Waals surface area contributed by atoms with Crippen molar-refractivity contribution in [1.82, 2.24) is 15.5 Å². The molecule has 4 rings (SSSR count). The van der Waals surface area contributed by atoms with Gasteiger partial charge in [0.15, 0.2) is 0 Å². The van der Waals surface area contributed by atoms with Gasteiger partial charge in [0.25, 0.3) is 11.8 Å². The second-order valence-corrected chi connectivity index (χ2v) is 6.00. The molecule has 1 saturated heterocycles. The molecule has 23 heavy (non-hydrogen) atoms. The van der Waals surface area contributed by atoms with Crippen molar-refractivity contribution in [3.8, 4) is 0 Å². The van der Waals surface area contributed by atoms with Crippen LogP contribution in [0.4, 0.5) is 0 Å². The Morgan fingerprint density at radius 1 is 1.04 bits per heavy atom. The van der Waals surface area contributed by atoms with Crippen molar-refractivity contribution < 1.29 is 19.2 Å². The van der Waals surface area contributed by atoms with E-state index in [0.29, 0.717) is 17.7 Å². The third kappa shape index (κ3) is 2.00. The zero-order valence-corrected chi connectivity index (χ0v) is 12.3. The predicted molar refractivity (Wildman–Crippen MR) is 78.5 cm³/mol. The van der Waals surface area contributed by atoms with E-state index >= 15 is 0 Å². The third-order valence-corrected chi connectivity index (χ3v) is 4.69. The summed E-state index contributed by atoms with van der Waals surface area (Å²) in [5, 5.41) is 5.41. The van der Waals surface area contributed by atoms with Crippen LogP contribution >= 0.6 is 0 Å². The number of hydrogen-bond acceptors (Lipinski definition) is 5. The number of piperidine rings is 1. The molecule has 0 radical (unpaired) electrons. The van der Waals surface area contributed by atoms with Crippen molar-refractivity contribution in [2.75, 3.05) is 6.54 Å². The Balaban J connectivity index is 1.75. The predicted octanol–water partition coefficient (Wildman–Crippen LogP) is -0.266. The van der Waals surface area contributed by atoms with E-state index in [2.05, 4.69) is 10.6 Å². The summed E-state index contributed by atoms with van der Waals surface area (Å²) >= 11 is 0. The summed E-state index contributed by atoms with van der Waals surface area (Å²) in [6.07, 6.45) is 1.11. The minimum Gasteiger partial charge on any atom is -0.312 e. The van der Waals surface area contributed by atoms with Crippen molar-refractivity contribution in [3.05, 3.63) is 34.4 Å². The highest BCUT2D eigenvalue weighted by molar-refractivity contribution is 6.24. The quantitative estimate of drug-likeness (QED) is 0.696. The normalized spacial score (nSPS) is 23.7. The van der Waals surface area contributed by atoms with Crippen LogP contribution in [-0.4, -0.2) is 41.1 Å². The van der Waals surface area contributed by atoms with Crippen LogP contribution < -0.4 is 10.6 Å². The highest BCUT2D eigenvalue weighted by Crippen LogP contribution is 2.32. The average molecular weight is 313 g/mol. The molecule has 0 bridgehead atoms. The maximum atomic E-state index is 12.8. The SMILES string of the molecule is O=C1CC[C@@H](N2C(=O)c3ccc4c(c3C2=O)CNCC4)C(=O)N1. The Bertz CT molecular complexity index is 771. The van der Waals surface area contributed by atoms with Gasteiger partial charge in [-0.2, -0.15) is 0 Å². The maximum absolute atomic E-state index is 12.8. The number of nitrogens with zero attached hydrogens (tertiary/aromatic N) is 1. The monoisotopic (exact) mass is 313 g/mol. The van der Waals surface area contributed by atoms with E-state index in [4.69, 9.17) is 0 Å². The third-order valence-electron chi connectivity index (χ3n) is 4.69. The molecule has 3 heterocycles. The van der Waals surface area contributed by atoms with Crippen LogP contribution in [0, 0.1) is 0 Å². The van der Waals surface area contributed by atoms with Crippen LogP contribution in [0.5, 0.6) is 0 Å². The Kier molecular flexibility index (Phi) is 3.05. The summed E-state index contributed by atoms with van der Waals surface area (Å²) in [5.74, 6) is -1.83. The van der Waals surface area contributed by atoms with Crippen LogP contribution in [-0.2, 0) is 22.6 Å². The lowest BCUT2D eigenvalue weighted by molar-refractivity contribution is -0.136.